The van der Waals surface area contributed by atoms with E-state index in [0.29, 0.717) is 29.4 Å². The van der Waals surface area contributed by atoms with Gasteiger partial charge < -0.3 is 15.2 Å². The Morgan fingerprint density at radius 1 is 1.18 bits per heavy atom. The lowest BCUT2D eigenvalue weighted by molar-refractivity contribution is 0.0588. The smallest absolute Gasteiger partial charge is 0.415 e. The Labute approximate surface area is 194 Å². The lowest BCUT2D eigenvalue weighted by Crippen LogP contribution is -2.43. The second-order valence-electron chi connectivity index (χ2n) is 9.86. The van der Waals surface area contributed by atoms with Crippen molar-refractivity contribution in [1.29, 1.82) is 0 Å². The van der Waals surface area contributed by atoms with Gasteiger partial charge in [-0.05, 0) is 64.3 Å². The molecule has 0 radical (unpaired) electrons. The summed E-state index contributed by atoms with van der Waals surface area (Å²) in [7, 11) is 1.52. The van der Waals surface area contributed by atoms with Crippen molar-refractivity contribution in [3.05, 3.63) is 36.2 Å². The molecular weight excluding hydrogens is 430 g/mol. The van der Waals surface area contributed by atoms with Gasteiger partial charge in [-0.25, -0.2) is 23.5 Å². The van der Waals surface area contributed by atoms with Gasteiger partial charge in [0.25, 0.3) is 6.43 Å². The van der Waals surface area contributed by atoms with Crippen molar-refractivity contribution in [1.82, 2.24) is 9.97 Å². The molecule has 33 heavy (non-hydrogen) atoms. The monoisotopic (exact) mass is 464 g/mol. The standard InChI is InChI=1S/C24H34F2N4O3/c1-15(2)13-24(6,27)14-32-18-9-8-17(29-20(18)21(25)26)16-10-11-28-19(12-16)30(7)22(31)33-23(3,4)5/h8-12,15,21H,13-14,27H2,1-7H3/t24-/m0/s1. The highest BCUT2D eigenvalue weighted by molar-refractivity contribution is 5.86. The summed E-state index contributed by atoms with van der Waals surface area (Å²) in [5, 5.41) is 0. The molecular formula is C24H34F2N4O3. The number of ether oxygens (including phenoxy) is 2. The van der Waals surface area contributed by atoms with E-state index in [1.807, 2.05) is 20.8 Å². The van der Waals surface area contributed by atoms with Gasteiger partial charge in [0.05, 0.1) is 5.69 Å². The van der Waals surface area contributed by atoms with E-state index in [1.165, 1.54) is 24.2 Å². The first-order valence-corrected chi connectivity index (χ1v) is 10.8. The van der Waals surface area contributed by atoms with E-state index in [1.54, 1.807) is 39.0 Å². The number of halogens is 2. The maximum absolute atomic E-state index is 13.8. The summed E-state index contributed by atoms with van der Waals surface area (Å²) in [5.74, 6) is 0.641. The number of hydrogen-bond acceptors (Lipinski definition) is 6. The van der Waals surface area contributed by atoms with E-state index >= 15 is 0 Å². The molecule has 0 saturated carbocycles. The Morgan fingerprint density at radius 2 is 1.85 bits per heavy atom. The maximum atomic E-state index is 13.8. The van der Waals surface area contributed by atoms with Crippen LogP contribution in [0.15, 0.2) is 30.5 Å². The van der Waals surface area contributed by atoms with Crippen molar-refractivity contribution in [3.8, 4) is 17.0 Å². The number of nitrogens with two attached hydrogens (primary N) is 1. The second kappa shape index (κ2) is 10.4. The highest BCUT2D eigenvalue weighted by Gasteiger charge is 2.25. The zero-order valence-corrected chi connectivity index (χ0v) is 20.4. The molecule has 2 rings (SSSR count). The molecule has 0 spiro atoms. The number of rotatable bonds is 8. The van der Waals surface area contributed by atoms with Gasteiger partial charge in [0.1, 0.15) is 29.5 Å². The molecule has 1 atom stereocenters. The van der Waals surface area contributed by atoms with Crippen LogP contribution in [0.2, 0.25) is 0 Å². The van der Waals surface area contributed by atoms with Crippen LogP contribution in [0, 0.1) is 5.92 Å². The zero-order valence-electron chi connectivity index (χ0n) is 20.4. The molecule has 7 nitrogen and oxygen atoms in total. The number of anilines is 1. The molecule has 2 heterocycles. The zero-order chi connectivity index (χ0) is 25.0. The fourth-order valence-electron chi connectivity index (χ4n) is 3.32. The van der Waals surface area contributed by atoms with Crippen molar-refractivity contribution in [2.45, 2.75) is 65.5 Å². The number of pyridine rings is 2. The Morgan fingerprint density at radius 3 is 2.42 bits per heavy atom. The molecule has 0 unspecified atom stereocenters. The molecule has 0 aliphatic rings. The van der Waals surface area contributed by atoms with Gasteiger partial charge in [0.15, 0.2) is 0 Å². The van der Waals surface area contributed by atoms with Crippen LogP contribution in [0.3, 0.4) is 0 Å². The molecule has 1 amide bonds. The van der Waals surface area contributed by atoms with Crippen molar-refractivity contribution < 1.29 is 23.0 Å². The predicted octanol–water partition coefficient (Wildman–Crippen LogP) is 5.59. The lowest BCUT2D eigenvalue weighted by atomic mass is 9.93. The van der Waals surface area contributed by atoms with E-state index in [4.69, 9.17) is 15.2 Å². The van der Waals surface area contributed by atoms with Gasteiger partial charge in [-0.15, -0.1) is 0 Å². The van der Waals surface area contributed by atoms with E-state index < -0.39 is 29.4 Å². The summed E-state index contributed by atoms with van der Waals surface area (Å²) in [4.78, 5) is 21.9. The van der Waals surface area contributed by atoms with Crippen molar-refractivity contribution in [3.63, 3.8) is 0 Å². The van der Waals surface area contributed by atoms with Gasteiger partial charge in [0.2, 0.25) is 0 Å². The highest BCUT2D eigenvalue weighted by atomic mass is 19.3. The van der Waals surface area contributed by atoms with Crippen LogP contribution in [-0.4, -0.2) is 40.9 Å². The van der Waals surface area contributed by atoms with E-state index in [-0.39, 0.29) is 12.4 Å². The van der Waals surface area contributed by atoms with Crippen LogP contribution in [-0.2, 0) is 4.74 Å². The number of amides is 1. The minimum absolute atomic E-state index is 0.00525. The molecule has 2 aromatic rings. The third-order valence-electron chi connectivity index (χ3n) is 4.58. The minimum Gasteiger partial charge on any atom is -0.490 e. The number of carbonyl (C=O) groups is 1. The molecule has 0 aromatic carbocycles. The number of nitrogens with zero attached hydrogens (tertiary/aromatic N) is 3. The largest absolute Gasteiger partial charge is 0.490 e. The summed E-state index contributed by atoms with van der Waals surface area (Å²) >= 11 is 0. The Kier molecular flexibility index (Phi) is 8.35. The van der Waals surface area contributed by atoms with Crippen LogP contribution in [0.4, 0.5) is 19.4 Å². The van der Waals surface area contributed by atoms with E-state index in [9.17, 15) is 13.6 Å². The second-order valence-corrected chi connectivity index (χ2v) is 9.86. The number of carbonyl (C=O) groups excluding carboxylic acids is 1. The van der Waals surface area contributed by atoms with Gasteiger partial charge >= 0.3 is 6.09 Å². The Balaban J connectivity index is 2.28. The van der Waals surface area contributed by atoms with Gasteiger partial charge in [-0.2, -0.15) is 0 Å². The number of alkyl halides is 2. The summed E-state index contributed by atoms with van der Waals surface area (Å²) in [6, 6.07) is 6.27. The molecule has 0 saturated heterocycles. The molecule has 0 bridgehead atoms. The minimum atomic E-state index is -2.83. The normalized spacial score (nSPS) is 13.7. The lowest BCUT2D eigenvalue weighted by Gasteiger charge is -2.27. The first-order valence-electron chi connectivity index (χ1n) is 10.8. The van der Waals surface area contributed by atoms with Gasteiger partial charge in [-0.1, -0.05) is 13.8 Å². The van der Waals surface area contributed by atoms with Crippen molar-refractivity contribution in [2.24, 2.45) is 11.7 Å². The maximum Gasteiger partial charge on any atom is 0.415 e. The van der Waals surface area contributed by atoms with Crippen molar-refractivity contribution in [2.75, 3.05) is 18.6 Å². The molecule has 2 N–H and O–H groups in total. The van der Waals surface area contributed by atoms with Crippen LogP contribution in [0.1, 0.15) is 60.1 Å². The summed E-state index contributed by atoms with van der Waals surface area (Å²) in [6.45, 7) is 11.3. The fourth-order valence-corrected chi connectivity index (χ4v) is 3.32. The molecule has 0 aliphatic carbocycles. The highest BCUT2D eigenvalue weighted by Crippen LogP contribution is 2.32. The summed E-state index contributed by atoms with van der Waals surface area (Å²) < 4.78 is 38.5. The third kappa shape index (κ3) is 7.92. The van der Waals surface area contributed by atoms with E-state index in [2.05, 4.69) is 9.97 Å². The summed E-state index contributed by atoms with van der Waals surface area (Å²) in [5.41, 5.74) is 5.28. The van der Waals surface area contributed by atoms with Crippen LogP contribution >= 0.6 is 0 Å². The van der Waals surface area contributed by atoms with Crippen LogP contribution in [0.5, 0.6) is 5.75 Å². The Bertz CT molecular complexity index is 959. The number of aromatic nitrogens is 2. The first kappa shape index (κ1) is 26.4. The molecule has 9 heteroatoms. The molecule has 2 aromatic heterocycles. The SMILES string of the molecule is CC(C)C[C@](C)(N)COc1ccc(-c2ccnc(N(C)C(=O)OC(C)(C)C)c2)nc1C(F)F. The topological polar surface area (TPSA) is 90.6 Å². The first-order chi connectivity index (χ1) is 15.2. The number of hydrogen-bond donors (Lipinski definition) is 1. The van der Waals surface area contributed by atoms with Crippen LogP contribution in [0.25, 0.3) is 11.3 Å². The summed E-state index contributed by atoms with van der Waals surface area (Å²) in [6.07, 6.45) is -1.25. The average Bonchev–Trinajstić information content (AvgIpc) is 2.69. The molecule has 0 fully saturated rings. The predicted molar refractivity (Wildman–Crippen MR) is 125 cm³/mol. The Hall–Kier alpha value is -2.81. The van der Waals surface area contributed by atoms with Crippen LogP contribution < -0.4 is 15.4 Å². The third-order valence-corrected chi connectivity index (χ3v) is 4.58. The fraction of sp³-hybridized carbons (Fsp3) is 0.542. The quantitative estimate of drug-likeness (QED) is 0.547. The van der Waals surface area contributed by atoms with Crippen molar-refractivity contribution >= 4 is 11.9 Å². The van der Waals surface area contributed by atoms with Gasteiger partial charge in [0, 0.05) is 24.3 Å². The van der Waals surface area contributed by atoms with E-state index in [0.717, 1.165) is 0 Å². The molecule has 0 aliphatic heterocycles. The molecule has 182 valence electrons. The average molecular weight is 465 g/mol. The van der Waals surface area contributed by atoms with Gasteiger partial charge in [-0.3, -0.25) is 4.90 Å².